The molecule has 2 amide bonds. The van der Waals surface area contributed by atoms with Crippen molar-refractivity contribution in [2.45, 2.75) is 13.5 Å². The molecular formula is C14H16N2O3. The van der Waals surface area contributed by atoms with E-state index < -0.39 is 0 Å². The van der Waals surface area contributed by atoms with Gasteiger partial charge in [0, 0.05) is 0 Å². The van der Waals surface area contributed by atoms with Gasteiger partial charge >= 0.3 is 6.03 Å². The molecule has 1 heterocycles. The summed E-state index contributed by atoms with van der Waals surface area (Å²) in [6.45, 7) is 2.25. The number of benzene rings is 1. The molecule has 0 fully saturated rings. The van der Waals surface area contributed by atoms with Crippen molar-refractivity contribution in [3.8, 4) is 5.75 Å². The van der Waals surface area contributed by atoms with Crippen LogP contribution in [0.1, 0.15) is 11.3 Å². The molecule has 0 aliphatic rings. The van der Waals surface area contributed by atoms with Crippen LogP contribution >= 0.6 is 0 Å². The molecule has 0 aliphatic carbocycles. The molecule has 0 atom stereocenters. The van der Waals surface area contributed by atoms with Crippen molar-refractivity contribution in [1.82, 2.24) is 5.32 Å². The zero-order valence-electron chi connectivity index (χ0n) is 10.9. The van der Waals surface area contributed by atoms with E-state index in [2.05, 4.69) is 10.6 Å². The number of methoxy groups -OCH3 is 1. The number of furan rings is 1. The first-order valence-electron chi connectivity index (χ1n) is 5.91. The van der Waals surface area contributed by atoms with Gasteiger partial charge in [0.2, 0.25) is 0 Å². The van der Waals surface area contributed by atoms with Crippen LogP contribution in [0.5, 0.6) is 5.75 Å². The quantitative estimate of drug-likeness (QED) is 0.888. The van der Waals surface area contributed by atoms with Crippen LogP contribution in [-0.2, 0) is 6.54 Å². The van der Waals surface area contributed by atoms with Crippen molar-refractivity contribution in [3.63, 3.8) is 0 Å². The van der Waals surface area contributed by atoms with E-state index in [9.17, 15) is 4.79 Å². The summed E-state index contributed by atoms with van der Waals surface area (Å²) in [5.74, 6) is 1.33. The first-order valence-corrected chi connectivity index (χ1v) is 5.91. The first kappa shape index (κ1) is 13.0. The Bertz CT molecular complexity index is 550. The summed E-state index contributed by atoms with van der Waals surface area (Å²) in [6, 6.07) is 8.86. The van der Waals surface area contributed by atoms with Crippen LogP contribution in [0.15, 0.2) is 41.0 Å². The zero-order valence-corrected chi connectivity index (χ0v) is 10.9. The number of carbonyl (C=O) groups is 1. The number of ether oxygens (including phenoxy) is 1. The van der Waals surface area contributed by atoms with Gasteiger partial charge in [-0.3, -0.25) is 0 Å². The normalized spacial score (nSPS) is 10.0. The van der Waals surface area contributed by atoms with Gasteiger partial charge in [-0.15, -0.1) is 0 Å². The summed E-state index contributed by atoms with van der Waals surface area (Å²) in [6.07, 6.45) is 1.57. The molecule has 0 saturated heterocycles. The van der Waals surface area contributed by atoms with Gasteiger partial charge in [0.25, 0.3) is 0 Å². The molecule has 2 rings (SSSR count). The lowest BCUT2D eigenvalue weighted by Crippen LogP contribution is -2.28. The summed E-state index contributed by atoms with van der Waals surface area (Å²) in [7, 11) is 1.57. The van der Waals surface area contributed by atoms with Gasteiger partial charge in [-0.25, -0.2) is 4.79 Å². The third-order valence-corrected chi connectivity index (χ3v) is 2.70. The molecule has 0 spiro atoms. The fourth-order valence-corrected chi connectivity index (χ4v) is 1.71. The number of amides is 2. The van der Waals surface area contributed by atoms with Crippen LogP contribution in [0.3, 0.4) is 0 Å². The lowest BCUT2D eigenvalue weighted by Gasteiger charge is -2.13. The van der Waals surface area contributed by atoms with Crippen molar-refractivity contribution in [2.24, 2.45) is 0 Å². The van der Waals surface area contributed by atoms with E-state index in [0.29, 0.717) is 23.7 Å². The van der Waals surface area contributed by atoms with Gasteiger partial charge in [-0.2, -0.15) is 0 Å². The molecule has 0 unspecified atom stereocenters. The Morgan fingerprint density at radius 1 is 1.32 bits per heavy atom. The van der Waals surface area contributed by atoms with E-state index in [0.717, 1.165) is 5.56 Å². The second-order valence-corrected chi connectivity index (χ2v) is 4.04. The minimum Gasteiger partial charge on any atom is -0.495 e. The van der Waals surface area contributed by atoms with E-state index >= 15 is 0 Å². The fourth-order valence-electron chi connectivity index (χ4n) is 1.71. The van der Waals surface area contributed by atoms with Crippen molar-refractivity contribution >= 4 is 11.7 Å². The molecule has 5 nitrogen and oxygen atoms in total. The second-order valence-electron chi connectivity index (χ2n) is 4.04. The molecule has 100 valence electrons. The monoisotopic (exact) mass is 260 g/mol. The average Bonchev–Trinajstić information content (AvgIpc) is 2.92. The van der Waals surface area contributed by atoms with E-state index in [1.165, 1.54) is 0 Å². The van der Waals surface area contributed by atoms with Crippen LogP contribution in [-0.4, -0.2) is 13.1 Å². The van der Waals surface area contributed by atoms with Gasteiger partial charge in [0.1, 0.15) is 11.5 Å². The summed E-state index contributed by atoms with van der Waals surface area (Å²) in [4.78, 5) is 11.8. The first-order chi connectivity index (χ1) is 9.20. The number of para-hydroxylation sites is 1. The highest BCUT2D eigenvalue weighted by Gasteiger charge is 2.09. The van der Waals surface area contributed by atoms with E-state index in [1.807, 2.05) is 19.1 Å². The molecule has 1 aromatic heterocycles. The predicted molar refractivity (Wildman–Crippen MR) is 72.3 cm³/mol. The van der Waals surface area contributed by atoms with Crippen molar-refractivity contribution in [1.29, 1.82) is 0 Å². The maximum Gasteiger partial charge on any atom is 0.319 e. The van der Waals surface area contributed by atoms with Crippen LogP contribution in [0.2, 0.25) is 0 Å². The van der Waals surface area contributed by atoms with Crippen LogP contribution in [0.25, 0.3) is 0 Å². The number of nitrogens with one attached hydrogen (secondary N) is 2. The van der Waals surface area contributed by atoms with Gasteiger partial charge in [-0.1, -0.05) is 12.1 Å². The Balaban J connectivity index is 1.99. The van der Waals surface area contributed by atoms with Crippen molar-refractivity contribution in [3.05, 3.63) is 47.9 Å². The van der Waals surface area contributed by atoms with Crippen LogP contribution < -0.4 is 15.4 Å². The average molecular weight is 260 g/mol. The Labute approximate surface area is 111 Å². The van der Waals surface area contributed by atoms with Gasteiger partial charge in [0.15, 0.2) is 0 Å². The maximum absolute atomic E-state index is 11.8. The Kier molecular flexibility index (Phi) is 4.07. The molecule has 1 aromatic carbocycles. The fraction of sp³-hybridized carbons (Fsp3) is 0.214. The third kappa shape index (κ3) is 3.28. The summed E-state index contributed by atoms with van der Waals surface area (Å²) in [5, 5.41) is 5.49. The molecule has 0 aliphatic heterocycles. The molecule has 0 bridgehead atoms. The molecule has 0 radical (unpaired) electrons. The van der Waals surface area contributed by atoms with Gasteiger partial charge < -0.3 is 19.8 Å². The maximum atomic E-state index is 11.8. The number of aryl methyl sites for hydroxylation is 1. The van der Waals surface area contributed by atoms with Gasteiger partial charge in [-0.05, 0) is 30.7 Å². The summed E-state index contributed by atoms with van der Waals surface area (Å²) >= 11 is 0. The minimum absolute atomic E-state index is 0.302. The molecule has 2 aromatic rings. The predicted octanol–water partition coefficient (Wildman–Crippen LogP) is 2.92. The summed E-state index contributed by atoms with van der Waals surface area (Å²) in [5.41, 5.74) is 1.61. The Morgan fingerprint density at radius 3 is 2.84 bits per heavy atom. The molecule has 19 heavy (non-hydrogen) atoms. The SMILES string of the molecule is COc1cccc(C)c1NC(=O)NCc1ccco1. The van der Waals surface area contributed by atoms with Crippen LogP contribution in [0, 0.1) is 6.92 Å². The highest BCUT2D eigenvalue weighted by atomic mass is 16.5. The van der Waals surface area contributed by atoms with Crippen molar-refractivity contribution in [2.75, 3.05) is 12.4 Å². The minimum atomic E-state index is -0.302. The van der Waals surface area contributed by atoms with E-state index in [4.69, 9.17) is 9.15 Å². The zero-order chi connectivity index (χ0) is 13.7. The standard InChI is InChI=1S/C14H16N2O3/c1-10-5-3-7-12(18-2)13(10)16-14(17)15-9-11-6-4-8-19-11/h3-8H,9H2,1-2H3,(H2,15,16,17). The Morgan fingerprint density at radius 2 is 2.16 bits per heavy atom. The topological polar surface area (TPSA) is 63.5 Å². The highest BCUT2D eigenvalue weighted by Crippen LogP contribution is 2.27. The molecule has 5 heteroatoms. The second kappa shape index (κ2) is 5.95. The van der Waals surface area contributed by atoms with E-state index in [-0.39, 0.29) is 6.03 Å². The third-order valence-electron chi connectivity index (χ3n) is 2.70. The summed E-state index contributed by atoms with van der Waals surface area (Å²) < 4.78 is 10.4. The number of hydrogen-bond acceptors (Lipinski definition) is 3. The van der Waals surface area contributed by atoms with Gasteiger partial charge in [0.05, 0.1) is 25.6 Å². The molecule has 2 N–H and O–H groups in total. The number of carbonyl (C=O) groups excluding carboxylic acids is 1. The number of urea groups is 1. The highest BCUT2D eigenvalue weighted by molar-refractivity contribution is 5.91. The molecule has 0 saturated carbocycles. The lowest BCUT2D eigenvalue weighted by atomic mass is 10.2. The smallest absolute Gasteiger partial charge is 0.319 e. The largest absolute Gasteiger partial charge is 0.495 e. The Hall–Kier alpha value is -2.43. The van der Waals surface area contributed by atoms with Crippen LogP contribution in [0.4, 0.5) is 10.5 Å². The lowest BCUT2D eigenvalue weighted by molar-refractivity contribution is 0.250. The van der Waals surface area contributed by atoms with E-state index in [1.54, 1.807) is 31.6 Å². The number of anilines is 1. The molecular weight excluding hydrogens is 244 g/mol. The number of rotatable bonds is 4. The number of hydrogen-bond donors (Lipinski definition) is 2. The van der Waals surface area contributed by atoms with Crippen molar-refractivity contribution < 1.29 is 13.9 Å².